The van der Waals surface area contributed by atoms with Crippen LogP contribution in [0, 0.1) is 0 Å². The first kappa shape index (κ1) is 20.9. The number of likely N-dealkylation sites (N-methyl/N-ethyl adjacent to an activating group) is 1. The summed E-state index contributed by atoms with van der Waals surface area (Å²) in [5.74, 6) is 1.51. The number of hydrogen-bond donors (Lipinski definition) is 0. The maximum atomic E-state index is 13.2. The minimum Gasteiger partial charge on any atom is -0.493 e. The molecule has 5 heteroatoms. The van der Waals surface area contributed by atoms with Crippen LogP contribution in [0.2, 0.25) is 0 Å². The lowest BCUT2D eigenvalue weighted by Gasteiger charge is -2.38. The number of hydrogen-bond acceptors (Lipinski definition) is 4. The van der Waals surface area contributed by atoms with Crippen LogP contribution < -0.4 is 14.4 Å². The molecule has 0 bridgehead atoms. The fraction of sp³-hybridized carbons (Fsp3) is 0.269. The Morgan fingerprint density at radius 1 is 0.968 bits per heavy atom. The summed E-state index contributed by atoms with van der Waals surface area (Å²) in [7, 11) is 5.15. The summed E-state index contributed by atoms with van der Waals surface area (Å²) in [5, 5.41) is 0. The lowest BCUT2D eigenvalue weighted by molar-refractivity contribution is -0.119. The lowest BCUT2D eigenvalue weighted by atomic mass is 9.87. The predicted octanol–water partition coefficient (Wildman–Crippen LogP) is 4.31. The Bertz CT molecular complexity index is 1040. The molecule has 31 heavy (non-hydrogen) atoms. The predicted molar refractivity (Wildman–Crippen MR) is 123 cm³/mol. The molecule has 1 aliphatic rings. The molecule has 3 aromatic rings. The maximum absolute atomic E-state index is 13.2. The van der Waals surface area contributed by atoms with E-state index in [4.69, 9.17) is 9.47 Å². The topological polar surface area (TPSA) is 42.0 Å². The molecule has 0 aromatic heterocycles. The molecular weight excluding hydrogens is 388 g/mol. The van der Waals surface area contributed by atoms with Crippen LogP contribution >= 0.6 is 0 Å². The summed E-state index contributed by atoms with van der Waals surface area (Å²) in [5.41, 5.74) is 4.44. The quantitative estimate of drug-likeness (QED) is 0.600. The molecule has 0 saturated heterocycles. The SMILES string of the molecule is COc1cc2c(cc1OC)[C@@H](c1ccccc1)N(CC(=O)N(C)c1ccccc1)CC2. The number of carbonyl (C=O) groups excluding carboxylic acids is 1. The van der Waals surface area contributed by atoms with Crippen LogP contribution in [0.5, 0.6) is 11.5 Å². The second-order valence-electron chi connectivity index (χ2n) is 7.73. The molecule has 1 atom stereocenters. The minimum atomic E-state index is -0.0297. The van der Waals surface area contributed by atoms with E-state index in [0.717, 1.165) is 35.5 Å². The molecule has 1 aliphatic heterocycles. The van der Waals surface area contributed by atoms with Crippen LogP contribution in [-0.2, 0) is 11.2 Å². The summed E-state index contributed by atoms with van der Waals surface area (Å²) < 4.78 is 11.1. The normalized spacial score (nSPS) is 15.8. The van der Waals surface area contributed by atoms with Gasteiger partial charge in [-0.2, -0.15) is 0 Å². The molecule has 5 nitrogen and oxygen atoms in total. The van der Waals surface area contributed by atoms with Crippen LogP contribution in [0.25, 0.3) is 0 Å². The van der Waals surface area contributed by atoms with Crippen molar-refractivity contribution in [2.75, 3.05) is 39.3 Å². The third kappa shape index (κ3) is 4.28. The van der Waals surface area contributed by atoms with E-state index in [1.54, 1.807) is 19.1 Å². The molecule has 0 aliphatic carbocycles. The van der Waals surface area contributed by atoms with Crippen molar-refractivity contribution in [3.05, 3.63) is 89.5 Å². The molecule has 0 saturated carbocycles. The van der Waals surface area contributed by atoms with Crippen LogP contribution in [0.15, 0.2) is 72.8 Å². The van der Waals surface area contributed by atoms with Gasteiger partial charge in [-0.25, -0.2) is 0 Å². The zero-order valence-electron chi connectivity index (χ0n) is 18.2. The molecule has 4 rings (SSSR count). The number of benzene rings is 3. The van der Waals surface area contributed by atoms with E-state index in [-0.39, 0.29) is 11.9 Å². The van der Waals surface area contributed by atoms with Crippen LogP contribution in [0.4, 0.5) is 5.69 Å². The van der Waals surface area contributed by atoms with Crippen molar-refractivity contribution in [2.24, 2.45) is 0 Å². The Morgan fingerprint density at radius 3 is 2.23 bits per heavy atom. The van der Waals surface area contributed by atoms with E-state index >= 15 is 0 Å². The highest BCUT2D eigenvalue weighted by atomic mass is 16.5. The number of ether oxygens (including phenoxy) is 2. The van der Waals surface area contributed by atoms with Gasteiger partial charge in [0.25, 0.3) is 0 Å². The van der Waals surface area contributed by atoms with Gasteiger partial charge < -0.3 is 14.4 Å². The van der Waals surface area contributed by atoms with E-state index < -0.39 is 0 Å². The van der Waals surface area contributed by atoms with E-state index in [1.165, 1.54) is 5.56 Å². The molecule has 0 fully saturated rings. The van der Waals surface area contributed by atoms with Crippen molar-refractivity contribution in [3.63, 3.8) is 0 Å². The van der Waals surface area contributed by atoms with Gasteiger partial charge >= 0.3 is 0 Å². The monoisotopic (exact) mass is 416 g/mol. The first-order valence-electron chi connectivity index (χ1n) is 10.5. The number of amides is 1. The summed E-state index contributed by atoms with van der Waals surface area (Å²) in [6, 6.07) is 24.2. The fourth-order valence-electron chi connectivity index (χ4n) is 4.27. The van der Waals surface area contributed by atoms with Crippen molar-refractivity contribution in [2.45, 2.75) is 12.5 Å². The number of anilines is 1. The van der Waals surface area contributed by atoms with Gasteiger partial charge in [-0.15, -0.1) is 0 Å². The van der Waals surface area contributed by atoms with Gasteiger partial charge in [0, 0.05) is 19.3 Å². The van der Waals surface area contributed by atoms with E-state index in [9.17, 15) is 4.79 Å². The van der Waals surface area contributed by atoms with E-state index in [0.29, 0.717) is 12.3 Å². The molecule has 3 aromatic carbocycles. The number of para-hydroxylation sites is 1. The summed E-state index contributed by atoms with van der Waals surface area (Å²) >= 11 is 0. The van der Waals surface area contributed by atoms with Crippen LogP contribution in [0.1, 0.15) is 22.7 Å². The van der Waals surface area contributed by atoms with E-state index in [2.05, 4.69) is 29.2 Å². The van der Waals surface area contributed by atoms with Gasteiger partial charge in [-0.05, 0) is 47.4 Å². The Morgan fingerprint density at radius 2 is 1.58 bits per heavy atom. The molecule has 0 spiro atoms. The third-order valence-electron chi connectivity index (χ3n) is 5.94. The van der Waals surface area contributed by atoms with Crippen molar-refractivity contribution in [1.29, 1.82) is 0 Å². The van der Waals surface area contributed by atoms with Gasteiger partial charge in [0.2, 0.25) is 5.91 Å². The summed E-state index contributed by atoms with van der Waals surface area (Å²) in [6.07, 6.45) is 0.849. The minimum absolute atomic E-state index is 0.0297. The standard InChI is InChI=1S/C26H28N2O3/c1-27(21-12-8-5-9-13-21)25(29)18-28-15-14-20-16-23(30-2)24(31-3)17-22(20)26(28)19-10-6-4-7-11-19/h4-13,16-17,26H,14-15,18H2,1-3H3/t26-/m1/s1. The van der Waals surface area contributed by atoms with Gasteiger partial charge in [0.15, 0.2) is 11.5 Å². The fourth-order valence-corrected chi connectivity index (χ4v) is 4.27. The summed E-state index contributed by atoms with van der Waals surface area (Å²) in [4.78, 5) is 17.1. The zero-order chi connectivity index (χ0) is 21.8. The molecule has 0 radical (unpaired) electrons. The van der Waals surface area contributed by atoms with Crippen molar-refractivity contribution < 1.29 is 14.3 Å². The maximum Gasteiger partial charge on any atom is 0.240 e. The highest BCUT2D eigenvalue weighted by Crippen LogP contribution is 2.40. The smallest absolute Gasteiger partial charge is 0.240 e. The molecule has 1 amide bonds. The van der Waals surface area contributed by atoms with Crippen molar-refractivity contribution >= 4 is 11.6 Å². The second kappa shape index (κ2) is 9.23. The highest BCUT2D eigenvalue weighted by molar-refractivity contribution is 5.94. The Balaban J connectivity index is 1.69. The summed E-state index contributed by atoms with van der Waals surface area (Å²) in [6.45, 7) is 1.12. The first-order valence-corrected chi connectivity index (χ1v) is 10.5. The second-order valence-corrected chi connectivity index (χ2v) is 7.73. The van der Waals surface area contributed by atoms with Crippen LogP contribution in [0.3, 0.4) is 0 Å². The highest BCUT2D eigenvalue weighted by Gasteiger charge is 2.32. The Hall–Kier alpha value is -3.31. The Labute approximate surface area is 183 Å². The zero-order valence-corrected chi connectivity index (χ0v) is 18.2. The molecular formula is C26H28N2O3. The Kier molecular flexibility index (Phi) is 6.23. The van der Waals surface area contributed by atoms with Gasteiger partial charge in [-0.1, -0.05) is 48.5 Å². The average Bonchev–Trinajstić information content (AvgIpc) is 2.83. The number of rotatable bonds is 6. The number of methoxy groups -OCH3 is 2. The number of carbonyl (C=O) groups is 1. The molecule has 0 unspecified atom stereocenters. The lowest BCUT2D eigenvalue weighted by Crippen LogP contribution is -2.43. The largest absolute Gasteiger partial charge is 0.493 e. The van der Waals surface area contributed by atoms with Crippen molar-refractivity contribution in [3.8, 4) is 11.5 Å². The van der Waals surface area contributed by atoms with Crippen molar-refractivity contribution in [1.82, 2.24) is 4.90 Å². The number of fused-ring (bicyclic) bond motifs is 1. The van der Waals surface area contributed by atoms with E-state index in [1.807, 2.05) is 55.6 Å². The molecule has 0 N–H and O–H groups in total. The molecule has 160 valence electrons. The third-order valence-corrected chi connectivity index (χ3v) is 5.94. The average molecular weight is 417 g/mol. The van der Waals surface area contributed by atoms with Gasteiger partial charge in [0.1, 0.15) is 0 Å². The van der Waals surface area contributed by atoms with Crippen LogP contribution in [-0.4, -0.2) is 45.2 Å². The molecule has 1 heterocycles. The first-order chi connectivity index (χ1) is 15.1. The van der Waals surface area contributed by atoms with Gasteiger partial charge in [0.05, 0.1) is 26.8 Å². The van der Waals surface area contributed by atoms with Gasteiger partial charge in [-0.3, -0.25) is 9.69 Å². The number of nitrogens with zero attached hydrogens (tertiary/aromatic N) is 2.